The summed E-state index contributed by atoms with van der Waals surface area (Å²) >= 11 is 0. The van der Waals surface area contributed by atoms with Gasteiger partial charge in [-0.3, -0.25) is 4.79 Å². The van der Waals surface area contributed by atoms with E-state index in [1.807, 2.05) is 103 Å². The van der Waals surface area contributed by atoms with Crippen molar-refractivity contribution >= 4 is 17.0 Å². The summed E-state index contributed by atoms with van der Waals surface area (Å²) in [6, 6.07) is 39.6. The molecule has 0 bridgehead atoms. The minimum atomic E-state index is -0.0456. The topological polar surface area (TPSA) is 29.1 Å². The molecule has 0 aromatic heterocycles. The van der Waals surface area contributed by atoms with E-state index in [-0.39, 0.29) is 5.78 Å². The molecule has 0 unspecified atom stereocenters. The summed E-state index contributed by atoms with van der Waals surface area (Å²) in [5.74, 6) is -0.0456. The van der Waals surface area contributed by atoms with E-state index in [0.29, 0.717) is 5.56 Å². The van der Waals surface area contributed by atoms with Crippen LogP contribution in [0.25, 0.3) is 5.57 Å². The molecule has 4 aromatic carbocycles. The highest BCUT2D eigenvalue weighted by Gasteiger charge is 2.09. The largest absolute Gasteiger partial charge is 0.355 e. The first-order valence-corrected chi connectivity index (χ1v) is 10.3. The minimum Gasteiger partial charge on any atom is -0.355 e. The molecule has 0 aliphatic heterocycles. The number of carbonyl (C=O) groups is 1. The van der Waals surface area contributed by atoms with Gasteiger partial charge in [-0.1, -0.05) is 109 Å². The highest BCUT2D eigenvalue weighted by molar-refractivity contribution is 6.05. The number of carbonyl (C=O) groups excluding carboxylic acids is 1. The van der Waals surface area contributed by atoms with Crippen molar-refractivity contribution in [2.75, 3.05) is 5.32 Å². The van der Waals surface area contributed by atoms with Crippen LogP contribution in [0.4, 0.5) is 5.69 Å². The molecule has 0 heterocycles. The smallest absolute Gasteiger partial charge is 0.187 e. The highest BCUT2D eigenvalue weighted by atomic mass is 16.1. The molecule has 0 aliphatic carbocycles. The standard InChI is InChI=1S/C29H23NO/c31-29(25-17-9-3-10-18-25)22-27(30-26-19-11-4-12-20-26)21-28(23-13-5-1-6-14-23)24-15-7-2-8-16-24/h1-22,30H/b27-22-. The van der Waals surface area contributed by atoms with Crippen molar-refractivity contribution in [3.8, 4) is 0 Å². The first-order valence-electron chi connectivity index (χ1n) is 10.3. The van der Waals surface area contributed by atoms with Crippen LogP contribution < -0.4 is 5.32 Å². The Labute approximate surface area is 183 Å². The van der Waals surface area contributed by atoms with Crippen molar-refractivity contribution in [1.82, 2.24) is 0 Å². The molecule has 0 atom stereocenters. The molecule has 0 saturated heterocycles. The van der Waals surface area contributed by atoms with Gasteiger partial charge in [0, 0.05) is 23.0 Å². The second-order valence-corrected chi connectivity index (χ2v) is 7.11. The van der Waals surface area contributed by atoms with Crippen LogP contribution in [0.1, 0.15) is 21.5 Å². The van der Waals surface area contributed by atoms with Crippen molar-refractivity contribution in [1.29, 1.82) is 0 Å². The number of hydrogen-bond acceptors (Lipinski definition) is 2. The molecule has 2 nitrogen and oxygen atoms in total. The molecule has 150 valence electrons. The Morgan fingerprint density at radius 2 is 0.935 bits per heavy atom. The maximum absolute atomic E-state index is 13.0. The van der Waals surface area contributed by atoms with Crippen molar-refractivity contribution < 1.29 is 4.79 Å². The lowest BCUT2D eigenvalue weighted by Crippen LogP contribution is -2.03. The third kappa shape index (κ3) is 5.46. The second kappa shape index (κ2) is 10.0. The third-order valence-electron chi connectivity index (χ3n) is 4.88. The van der Waals surface area contributed by atoms with Gasteiger partial charge in [0.15, 0.2) is 5.78 Å². The Morgan fingerprint density at radius 1 is 0.516 bits per heavy atom. The van der Waals surface area contributed by atoms with E-state index < -0.39 is 0 Å². The Kier molecular flexibility index (Phi) is 6.51. The van der Waals surface area contributed by atoms with Crippen LogP contribution in [0.5, 0.6) is 0 Å². The van der Waals surface area contributed by atoms with Gasteiger partial charge in [0.2, 0.25) is 0 Å². The highest BCUT2D eigenvalue weighted by Crippen LogP contribution is 2.25. The number of hydrogen-bond donors (Lipinski definition) is 1. The van der Waals surface area contributed by atoms with Crippen LogP contribution in [0, 0.1) is 0 Å². The minimum absolute atomic E-state index is 0.0456. The van der Waals surface area contributed by atoms with E-state index in [0.717, 1.165) is 28.1 Å². The first kappa shape index (κ1) is 20.1. The van der Waals surface area contributed by atoms with E-state index in [4.69, 9.17) is 0 Å². The maximum atomic E-state index is 13.0. The van der Waals surface area contributed by atoms with Crippen molar-refractivity contribution in [3.05, 3.63) is 156 Å². The molecular formula is C29H23NO. The predicted octanol–water partition coefficient (Wildman–Crippen LogP) is 7.00. The van der Waals surface area contributed by atoms with Gasteiger partial charge in [0.25, 0.3) is 0 Å². The zero-order chi connectivity index (χ0) is 21.3. The molecule has 1 N–H and O–H groups in total. The number of allylic oxidation sites excluding steroid dienone is 2. The fourth-order valence-corrected chi connectivity index (χ4v) is 3.35. The monoisotopic (exact) mass is 401 g/mol. The zero-order valence-corrected chi connectivity index (χ0v) is 17.1. The van der Waals surface area contributed by atoms with Gasteiger partial charge in [0.1, 0.15) is 0 Å². The molecule has 0 radical (unpaired) electrons. The molecule has 4 aromatic rings. The van der Waals surface area contributed by atoms with Crippen LogP contribution in [0.2, 0.25) is 0 Å². The number of para-hydroxylation sites is 1. The number of rotatable bonds is 7. The number of nitrogens with one attached hydrogen (secondary N) is 1. The second-order valence-electron chi connectivity index (χ2n) is 7.11. The number of benzene rings is 4. The van der Waals surface area contributed by atoms with Crippen LogP contribution in [0.15, 0.2) is 139 Å². The predicted molar refractivity (Wildman–Crippen MR) is 129 cm³/mol. The normalized spacial score (nSPS) is 10.9. The number of ketones is 1. The third-order valence-corrected chi connectivity index (χ3v) is 4.88. The fraction of sp³-hybridized carbons (Fsp3) is 0. The lowest BCUT2D eigenvalue weighted by molar-refractivity contribution is 0.104. The van der Waals surface area contributed by atoms with Crippen molar-refractivity contribution in [2.45, 2.75) is 0 Å². The average molecular weight is 402 g/mol. The quantitative estimate of drug-likeness (QED) is 0.205. The zero-order valence-electron chi connectivity index (χ0n) is 17.1. The summed E-state index contributed by atoms with van der Waals surface area (Å²) in [6.45, 7) is 0. The first-order chi connectivity index (χ1) is 15.3. The Morgan fingerprint density at radius 3 is 1.42 bits per heavy atom. The Hall–Kier alpha value is -4.17. The fourth-order valence-electron chi connectivity index (χ4n) is 3.35. The molecule has 31 heavy (non-hydrogen) atoms. The van der Waals surface area contributed by atoms with E-state index in [1.165, 1.54) is 0 Å². The summed E-state index contributed by atoms with van der Waals surface area (Å²) < 4.78 is 0. The van der Waals surface area contributed by atoms with Crippen LogP contribution in [-0.4, -0.2) is 5.78 Å². The maximum Gasteiger partial charge on any atom is 0.187 e. The van der Waals surface area contributed by atoms with Gasteiger partial charge >= 0.3 is 0 Å². The van der Waals surface area contributed by atoms with E-state index in [9.17, 15) is 4.79 Å². The summed E-state index contributed by atoms with van der Waals surface area (Å²) in [5, 5.41) is 3.41. The lowest BCUT2D eigenvalue weighted by atomic mass is 9.96. The van der Waals surface area contributed by atoms with E-state index in [2.05, 4.69) is 29.6 Å². The van der Waals surface area contributed by atoms with Gasteiger partial charge in [-0.2, -0.15) is 0 Å². The molecule has 0 saturated carbocycles. The molecule has 4 rings (SSSR count). The van der Waals surface area contributed by atoms with E-state index in [1.54, 1.807) is 6.08 Å². The summed E-state index contributed by atoms with van der Waals surface area (Å²) in [6.07, 6.45) is 3.70. The van der Waals surface area contributed by atoms with Gasteiger partial charge < -0.3 is 5.32 Å². The van der Waals surface area contributed by atoms with Gasteiger partial charge in [-0.05, 0) is 34.9 Å². The van der Waals surface area contributed by atoms with Crippen LogP contribution in [0.3, 0.4) is 0 Å². The van der Waals surface area contributed by atoms with Crippen LogP contribution in [-0.2, 0) is 0 Å². The van der Waals surface area contributed by atoms with Gasteiger partial charge in [-0.25, -0.2) is 0 Å². The SMILES string of the molecule is O=C(/C=C(/C=C(c1ccccc1)c1ccccc1)Nc1ccccc1)c1ccccc1. The summed E-state index contributed by atoms with van der Waals surface area (Å²) in [7, 11) is 0. The van der Waals surface area contributed by atoms with E-state index >= 15 is 0 Å². The molecule has 0 aliphatic rings. The molecule has 2 heteroatoms. The van der Waals surface area contributed by atoms with Gasteiger partial charge in [0.05, 0.1) is 0 Å². The summed E-state index contributed by atoms with van der Waals surface area (Å²) in [5.41, 5.74) is 5.51. The Bertz CT molecular complexity index is 1140. The summed E-state index contributed by atoms with van der Waals surface area (Å²) in [4.78, 5) is 13.0. The molecular weight excluding hydrogens is 378 g/mol. The van der Waals surface area contributed by atoms with Crippen LogP contribution >= 0.6 is 0 Å². The lowest BCUT2D eigenvalue weighted by Gasteiger charge is -2.13. The molecule has 0 fully saturated rings. The van der Waals surface area contributed by atoms with Crippen molar-refractivity contribution in [3.63, 3.8) is 0 Å². The van der Waals surface area contributed by atoms with Gasteiger partial charge in [-0.15, -0.1) is 0 Å². The molecule has 0 spiro atoms. The number of anilines is 1. The molecule has 0 amide bonds. The van der Waals surface area contributed by atoms with Crippen molar-refractivity contribution in [2.24, 2.45) is 0 Å². The average Bonchev–Trinajstić information content (AvgIpc) is 2.84. The Balaban J connectivity index is 1.81.